The van der Waals surface area contributed by atoms with Crippen LogP contribution in [0.4, 0.5) is 10.7 Å². The molecule has 0 unspecified atom stereocenters. The van der Waals surface area contributed by atoms with E-state index in [1.54, 1.807) is 43.5 Å². The first-order valence-corrected chi connectivity index (χ1v) is 7.35. The molecule has 0 fully saturated rings. The summed E-state index contributed by atoms with van der Waals surface area (Å²) in [6, 6.07) is 13.8. The highest BCUT2D eigenvalue weighted by Crippen LogP contribution is 2.22. The molecule has 1 amide bonds. The zero-order valence-corrected chi connectivity index (χ0v) is 13.6. The van der Waals surface area contributed by atoms with Gasteiger partial charge in [0.1, 0.15) is 11.5 Å². The summed E-state index contributed by atoms with van der Waals surface area (Å²) in [5.41, 5.74) is 1.23. The van der Waals surface area contributed by atoms with Crippen LogP contribution in [0.3, 0.4) is 0 Å². The first-order valence-electron chi connectivity index (χ1n) is 7.35. The van der Waals surface area contributed by atoms with E-state index in [4.69, 9.17) is 14.9 Å². The van der Waals surface area contributed by atoms with Gasteiger partial charge in [0.25, 0.3) is 0 Å². The van der Waals surface area contributed by atoms with E-state index in [2.05, 4.69) is 15.0 Å². The Labute approximate surface area is 143 Å². The van der Waals surface area contributed by atoms with Gasteiger partial charge in [-0.1, -0.05) is 12.1 Å². The fourth-order valence-electron chi connectivity index (χ4n) is 2.26. The Morgan fingerprint density at radius 3 is 2.44 bits per heavy atom. The second-order valence-corrected chi connectivity index (χ2v) is 4.96. The molecule has 1 aromatic heterocycles. The summed E-state index contributed by atoms with van der Waals surface area (Å²) in [5.74, 6) is 1.26. The quantitative estimate of drug-likeness (QED) is 0.564. The molecule has 2 aromatic carbocycles. The highest BCUT2D eigenvalue weighted by atomic mass is 16.5. The lowest BCUT2D eigenvalue weighted by Crippen LogP contribution is -2.22. The van der Waals surface area contributed by atoms with Crippen molar-refractivity contribution in [2.24, 2.45) is 0 Å². The van der Waals surface area contributed by atoms with Crippen LogP contribution in [0.1, 0.15) is 0 Å². The predicted molar refractivity (Wildman–Crippen MR) is 92.5 cm³/mol. The summed E-state index contributed by atoms with van der Waals surface area (Å²) in [5, 5.41) is 10.8. The number of anilines is 1. The standard InChI is InChI=1S/C17H16N4O4/c1-23-11-7-9-12(10-8-11)25-15(18)21-14-6-4-3-5-13(14)19-16(21)20-17(22)24-2/h3-10,18H,1-2H3,(H,19,20,22). The van der Waals surface area contributed by atoms with Crippen LogP contribution in [0, 0.1) is 5.41 Å². The first kappa shape index (κ1) is 16.3. The van der Waals surface area contributed by atoms with Crippen molar-refractivity contribution in [2.45, 2.75) is 0 Å². The topological polar surface area (TPSA) is 98.5 Å². The summed E-state index contributed by atoms with van der Waals surface area (Å²) in [6.07, 6.45) is -0.686. The molecule has 2 N–H and O–H groups in total. The highest BCUT2D eigenvalue weighted by molar-refractivity contribution is 5.95. The summed E-state index contributed by atoms with van der Waals surface area (Å²) in [6.45, 7) is 0. The molecule has 0 radical (unpaired) electrons. The monoisotopic (exact) mass is 340 g/mol. The Kier molecular flexibility index (Phi) is 4.51. The number of nitrogens with zero attached hydrogens (tertiary/aromatic N) is 2. The number of imidazole rings is 1. The van der Waals surface area contributed by atoms with Gasteiger partial charge in [0.05, 0.1) is 25.3 Å². The number of amides is 1. The van der Waals surface area contributed by atoms with Crippen molar-refractivity contribution >= 4 is 29.1 Å². The van der Waals surface area contributed by atoms with Crippen molar-refractivity contribution < 1.29 is 19.0 Å². The third-order valence-electron chi connectivity index (χ3n) is 3.44. The summed E-state index contributed by atoms with van der Waals surface area (Å²) >= 11 is 0. The van der Waals surface area contributed by atoms with Gasteiger partial charge in [-0.25, -0.2) is 14.3 Å². The van der Waals surface area contributed by atoms with E-state index in [0.29, 0.717) is 22.5 Å². The van der Waals surface area contributed by atoms with Crippen LogP contribution in [-0.4, -0.2) is 35.9 Å². The molecule has 0 bridgehead atoms. The molecule has 0 spiro atoms. The molecule has 0 saturated heterocycles. The number of para-hydroxylation sites is 2. The third kappa shape index (κ3) is 3.37. The van der Waals surface area contributed by atoms with Crippen LogP contribution in [0.5, 0.6) is 11.5 Å². The van der Waals surface area contributed by atoms with E-state index < -0.39 is 6.09 Å². The van der Waals surface area contributed by atoms with Crippen molar-refractivity contribution in [1.29, 1.82) is 5.41 Å². The number of carbonyl (C=O) groups excluding carboxylic acids is 1. The Morgan fingerprint density at radius 2 is 1.76 bits per heavy atom. The second-order valence-electron chi connectivity index (χ2n) is 4.96. The van der Waals surface area contributed by atoms with Crippen LogP contribution in [-0.2, 0) is 4.74 Å². The maximum absolute atomic E-state index is 11.5. The van der Waals surface area contributed by atoms with Gasteiger partial charge in [-0.05, 0) is 36.4 Å². The highest BCUT2D eigenvalue weighted by Gasteiger charge is 2.18. The molecule has 0 atom stereocenters. The average molecular weight is 340 g/mol. The number of nitrogens with one attached hydrogen (secondary N) is 2. The molecule has 8 heteroatoms. The molecule has 8 nitrogen and oxygen atoms in total. The zero-order chi connectivity index (χ0) is 17.8. The van der Waals surface area contributed by atoms with Crippen LogP contribution in [0.25, 0.3) is 11.0 Å². The minimum absolute atomic E-state index is 0.131. The fraction of sp³-hybridized carbons (Fsp3) is 0.118. The fourth-order valence-corrected chi connectivity index (χ4v) is 2.26. The van der Waals surface area contributed by atoms with Gasteiger partial charge in [0, 0.05) is 0 Å². The van der Waals surface area contributed by atoms with Gasteiger partial charge < -0.3 is 14.2 Å². The number of benzene rings is 2. The number of rotatable bonds is 3. The van der Waals surface area contributed by atoms with E-state index >= 15 is 0 Å². The lowest BCUT2D eigenvalue weighted by Gasteiger charge is -2.11. The lowest BCUT2D eigenvalue weighted by atomic mass is 10.3. The summed E-state index contributed by atoms with van der Waals surface area (Å²) in [4.78, 5) is 15.9. The van der Waals surface area contributed by atoms with Gasteiger partial charge >= 0.3 is 12.1 Å². The lowest BCUT2D eigenvalue weighted by molar-refractivity contribution is 0.186. The molecule has 3 aromatic rings. The molecule has 25 heavy (non-hydrogen) atoms. The molecule has 0 aliphatic carbocycles. The number of hydrogen-bond donors (Lipinski definition) is 2. The maximum atomic E-state index is 11.5. The van der Waals surface area contributed by atoms with Crippen LogP contribution in [0.2, 0.25) is 0 Å². The maximum Gasteiger partial charge on any atom is 0.413 e. The first-order chi connectivity index (χ1) is 12.1. The number of aromatic nitrogens is 2. The third-order valence-corrected chi connectivity index (χ3v) is 3.44. The summed E-state index contributed by atoms with van der Waals surface area (Å²) in [7, 11) is 2.82. The summed E-state index contributed by atoms with van der Waals surface area (Å²) < 4.78 is 16.7. The van der Waals surface area contributed by atoms with Gasteiger partial charge in [0.2, 0.25) is 5.95 Å². The molecular formula is C17H16N4O4. The SMILES string of the molecule is COC(=O)Nc1nc2ccccc2n1C(=N)Oc1ccc(OC)cc1. The molecular weight excluding hydrogens is 324 g/mol. The molecule has 0 aliphatic rings. The van der Waals surface area contributed by atoms with E-state index in [1.807, 2.05) is 12.1 Å². The Morgan fingerprint density at radius 1 is 1.08 bits per heavy atom. The van der Waals surface area contributed by atoms with E-state index in [0.717, 1.165) is 0 Å². The predicted octanol–water partition coefficient (Wildman–Crippen LogP) is 3.09. The number of carbonyl (C=O) groups is 1. The molecule has 1 heterocycles. The largest absolute Gasteiger partial charge is 0.497 e. The number of methoxy groups -OCH3 is 2. The van der Waals surface area contributed by atoms with Crippen molar-refractivity contribution in [3.8, 4) is 11.5 Å². The van der Waals surface area contributed by atoms with Crippen LogP contribution >= 0.6 is 0 Å². The van der Waals surface area contributed by atoms with E-state index in [1.165, 1.54) is 11.7 Å². The zero-order valence-electron chi connectivity index (χ0n) is 13.6. The smallest absolute Gasteiger partial charge is 0.413 e. The van der Waals surface area contributed by atoms with Gasteiger partial charge in [-0.2, -0.15) is 0 Å². The van der Waals surface area contributed by atoms with Gasteiger partial charge in [-0.3, -0.25) is 10.7 Å². The minimum Gasteiger partial charge on any atom is -0.497 e. The Hall–Kier alpha value is -3.55. The normalized spacial score (nSPS) is 10.3. The van der Waals surface area contributed by atoms with E-state index in [9.17, 15) is 4.79 Å². The molecule has 128 valence electrons. The van der Waals surface area contributed by atoms with E-state index in [-0.39, 0.29) is 12.0 Å². The van der Waals surface area contributed by atoms with Crippen molar-refractivity contribution in [3.63, 3.8) is 0 Å². The average Bonchev–Trinajstić information content (AvgIpc) is 3.00. The minimum atomic E-state index is -0.686. The van der Waals surface area contributed by atoms with Crippen molar-refractivity contribution in [3.05, 3.63) is 48.5 Å². The van der Waals surface area contributed by atoms with Crippen LogP contribution < -0.4 is 14.8 Å². The van der Waals surface area contributed by atoms with Gasteiger partial charge in [0.15, 0.2) is 0 Å². The molecule has 3 rings (SSSR count). The van der Waals surface area contributed by atoms with Gasteiger partial charge in [-0.15, -0.1) is 0 Å². The number of fused-ring (bicyclic) bond motifs is 1. The van der Waals surface area contributed by atoms with Crippen LogP contribution in [0.15, 0.2) is 48.5 Å². The molecule has 0 aliphatic heterocycles. The second kappa shape index (κ2) is 6.91. The Bertz CT molecular complexity index is 918. The van der Waals surface area contributed by atoms with Crippen molar-refractivity contribution in [2.75, 3.05) is 19.5 Å². The number of hydrogen-bond acceptors (Lipinski definition) is 6. The molecule has 0 saturated carbocycles. The van der Waals surface area contributed by atoms with Crippen molar-refractivity contribution in [1.82, 2.24) is 9.55 Å². The Balaban J connectivity index is 1.95. The number of ether oxygens (including phenoxy) is 3.